The summed E-state index contributed by atoms with van der Waals surface area (Å²) < 4.78 is 2.45. The van der Waals surface area contributed by atoms with Crippen molar-refractivity contribution in [3.05, 3.63) is 47.0 Å². The van der Waals surface area contributed by atoms with Crippen LogP contribution in [-0.2, 0) is 6.54 Å². The van der Waals surface area contributed by atoms with Crippen molar-refractivity contribution in [3.8, 4) is 5.95 Å². The summed E-state index contributed by atoms with van der Waals surface area (Å²) in [5, 5.41) is 7.07. The van der Waals surface area contributed by atoms with Gasteiger partial charge in [0.1, 0.15) is 12.7 Å². The van der Waals surface area contributed by atoms with Crippen LogP contribution in [0, 0.1) is 0 Å². The van der Waals surface area contributed by atoms with Gasteiger partial charge in [0.25, 0.3) is 5.95 Å². The predicted octanol–water partition coefficient (Wildman–Crippen LogP) is 1.41. The molecule has 8 nitrogen and oxygen atoms in total. The van der Waals surface area contributed by atoms with E-state index in [4.69, 9.17) is 5.73 Å². The third-order valence-electron chi connectivity index (χ3n) is 2.63. The molecule has 0 spiro atoms. The lowest BCUT2D eigenvalue weighted by Gasteiger charge is -2.07. The minimum absolute atomic E-state index is 0.119. The number of nitrogens with two attached hydrogens (primary N) is 1. The van der Waals surface area contributed by atoms with Crippen molar-refractivity contribution in [3.63, 3.8) is 0 Å². The van der Waals surface area contributed by atoms with Gasteiger partial charge in [-0.2, -0.15) is 24.7 Å². The van der Waals surface area contributed by atoms with E-state index in [2.05, 4.69) is 46.3 Å². The molecule has 0 aliphatic rings. The molecule has 9 heteroatoms. The zero-order valence-electron chi connectivity index (χ0n) is 10.8. The molecule has 0 aliphatic heterocycles. The summed E-state index contributed by atoms with van der Waals surface area (Å²) in [6.07, 6.45) is 2.89. The van der Waals surface area contributed by atoms with Crippen molar-refractivity contribution >= 4 is 27.8 Å². The molecule has 3 rings (SSSR count). The Labute approximate surface area is 128 Å². The molecule has 3 N–H and O–H groups in total. The first-order valence-electron chi connectivity index (χ1n) is 6.05. The summed E-state index contributed by atoms with van der Waals surface area (Å²) in [4.78, 5) is 16.2. The van der Waals surface area contributed by atoms with Crippen molar-refractivity contribution in [2.75, 3.05) is 11.1 Å². The molecule has 2 heterocycles. The van der Waals surface area contributed by atoms with Crippen LogP contribution in [0.25, 0.3) is 5.95 Å². The Balaban J connectivity index is 1.78. The Morgan fingerprint density at radius 2 is 1.95 bits per heavy atom. The Kier molecular flexibility index (Phi) is 3.73. The van der Waals surface area contributed by atoms with Crippen molar-refractivity contribution < 1.29 is 0 Å². The highest BCUT2D eigenvalue weighted by molar-refractivity contribution is 9.10. The topological polar surface area (TPSA) is 107 Å². The van der Waals surface area contributed by atoms with Crippen molar-refractivity contribution in [1.82, 2.24) is 29.7 Å². The molecule has 2 aromatic heterocycles. The average Bonchev–Trinajstić information content (AvgIpc) is 3.00. The zero-order valence-corrected chi connectivity index (χ0v) is 12.4. The van der Waals surface area contributed by atoms with E-state index >= 15 is 0 Å². The van der Waals surface area contributed by atoms with Crippen LogP contribution in [-0.4, -0.2) is 29.7 Å². The number of aromatic nitrogens is 6. The summed E-state index contributed by atoms with van der Waals surface area (Å²) in [6, 6.07) is 7.94. The molecule has 0 radical (unpaired) electrons. The van der Waals surface area contributed by atoms with E-state index in [1.54, 1.807) is 0 Å². The molecule has 21 heavy (non-hydrogen) atoms. The van der Waals surface area contributed by atoms with Crippen LogP contribution in [0.4, 0.5) is 11.9 Å². The second kappa shape index (κ2) is 5.83. The van der Waals surface area contributed by atoms with Gasteiger partial charge in [-0.05, 0) is 17.7 Å². The lowest BCUT2D eigenvalue weighted by atomic mass is 10.2. The summed E-state index contributed by atoms with van der Waals surface area (Å²) in [5.74, 6) is 0.822. The summed E-state index contributed by atoms with van der Waals surface area (Å²) in [7, 11) is 0. The number of anilines is 2. The molecule has 106 valence electrons. The molecule has 0 bridgehead atoms. The molecule has 0 atom stereocenters. The van der Waals surface area contributed by atoms with Crippen LogP contribution < -0.4 is 11.1 Å². The van der Waals surface area contributed by atoms with Crippen LogP contribution in [0.5, 0.6) is 0 Å². The highest BCUT2D eigenvalue weighted by atomic mass is 79.9. The number of hydrogen-bond donors (Lipinski definition) is 2. The van der Waals surface area contributed by atoms with Crippen LogP contribution in [0.15, 0.2) is 41.4 Å². The van der Waals surface area contributed by atoms with Crippen molar-refractivity contribution in [2.24, 2.45) is 0 Å². The molecule has 0 aliphatic carbocycles. The average molecular weight is 347 g/mol. The van der Waals surface area contributed by atoms with Crippen LogP contribution in [0.1, 0.15) is 5.56 Å². The van der Waals surface area contributed by atoms with Gasteiger partial charge in [0.05, 0.1) is 0 Å². The standard InChI is InChI=1S/C12H11BrN8/c13-9-3-1-8(2-4-9)5-16-11-18-10(14)19-12(20-11)21-7-15-6-17-21/h1-4,6-7H,5H2,(H3,14,16,18,19,20). The summed E-state index contributed by atoms with van der Waals surface area (Å²) in [6.45, 7) is 0.577. The Hall–Kier alpha value is -2.55. The van der Waals surface area contributed by atoms with Gasteiger partial charge < -0.3 is 11.1 Å². The number of nitrogens with one attached hydrogen (secondary N) is 1. The molecule has 0 unspecified atom stereocenters. The fourth-order valence-corrected chi connectivity index (χ4v) is 1.92. The molecular weight excluding hydrogens is 336 g/mol. The molecular formula is C12H11BrN8. The molecule has 3 aromatic rings. The highest BCUT2D eigenvalue weighted by Crippen LogP contribution is 2.12. The first-order chi connectivity index (χ1) is 10.2. The number of benzene rings is 1. The van der Waals surface area contributed by atoms with Crippen molar-refractivity contribution in [1.29, 1.82) is 0 Å². The first-order valence-corrected chi connectivity index (χ1v) is 6.85. The number of rotatable bonds is 4. The van der Waals surface area contributed by atoms with E-state index in [0.29, 0.717) is 18.4 Å². The maximum absolute atomic E-state index is 5.68. The van der Waals surface area contributed by atoms with E-state index in [-0.39, 0.29) is 5.95 Å². The smallest absolute Gasteiger partial charge is 0.258 e. The second-order valence-electron chi connectivity index (χ2n) is 4.14. The Bertz CT molecular complexity index is 726. The summed E-state index contributed by atoms with van der Waals surface area (Å²) in [5.41, 5.74) is 6.78. The lowest BCUT2D eigenvalue weighted by Crippen LogP contribution is -2.11. The van der Waals surface area contributed by atoms with Gasteiger partial charge >= 0.3 is 0 Å². The Morgan fingerprint density at radius 1 is 1.14 bits per heavy atom. The maximum atomic E-state index is 5.68. The van der Waals surface area contributed by atoms with Gasteiger partial charge in [-0.15, -0.1) is 0 Å². The number of nitrogens with zero attached hydrogens (tertiary/aromatic N) is 6. The third-order valence-corrected chi connectivity index (χ3v) is 3.16. The maximum Gasteiger partial charge on any atom is 0.258 e. The molecule has 0 fully saturated rings. The van der Waals surface area contributed by atoms with E-state index in [0.717, 1.165) is 10.0 Å². The van der Waals surface area contributed by atoms with E-state index < -0.39 is 0 Å². The monoisotopic (exact) mass is 346 g/mol. The number of hydrogen-bond acceptors (Lipinski definition) is 7. The number of nitrogen functional groups attached to an aromatic ring is 1. The first kappa shape index (κ1) is 13.4. The molecule has 0 saturated heterocycles. The molecule has 1 aromatic carbocycles. The van der Waals surface area contributed by atoms with Crippen LogP contribution in [0.3, 0.4) is 0 Å². The van der Waals surface area contributed by atoms with Crippen LogP contribution >= 0.6 is 15.9 Å². The zero-order chi connectivity index (χ0) is 14.7. The predicted molar refractivity (Wildman–Crippen MR) is 80.6 cm³/mol. The minimum atomic E-state index is 0.119. The van der Waals surface area contributed by atoms with Gasteiger partial charge in [-0.3, -0.25) is 0 Å². The molecule has 0 saturated carbocycles. The minimum Gasteiger partial charge on any atom is -0.368 e. The SMILES string of the molecule is Nc1nc(NCc2ccc(Br)cc2)nc(-n2cncn2)n1. The van der Waals surface area contributed by atoms with Gasteiger partial charge in [-0.1, -0.05) is 28.1 Å². The van der Waals surface area contributed by atoms with Gasteiger partial charge in [0.15, 0.2) is 0 Å². The third kappa shape index (κ3) is 3.31. The van der Waals surface area contributed by atoms with Crippen molar-refractivity contribution in [2.45, 2.75) is 6.54 Å². The van der Waals surface area contributed by atoms with Gasteiger partial charge in [0, 0.05) is 11.0 Å². The van der Waals surface area contributed by atoms with E-state index in [1.165, 1.54) is 17.3 Å². The number of halogens is 1. The molecule has 0 amide bonds. The Morgan fingerprint density at radius 3 is 2.67 bits per heavy atom. The quantitative estimate of drug-likeness (QED) is 0.735. The fourth-order valence-electron chi connectivity index (χ4n) is 1.66. The summed E-state index contributed by atoms with van der Waals surface area (Å²) >= 11 is 3.40. The second-order valence-corrected chi connectivity index (χ2v) is 5.05. The lowest BCUT2D eigenvalue weighted by molar-refractivity contribution is 0.797. The largest absolute Gasteiger partial charge is 0.368 e. The van der Waals surface area contributed by atoms with E-state index in [9.17, 15) is 0 Å². The van der Waals surface area contributed by atoms with Gasteiger partial charge in [0.2, 0.25) is 11.9 Å². The van der Waals surface area contributed by atoms with Gasteiger partial charge in [-0.25, -0.2) is 4.98 Å². The highest BCUT2D eigenvalue weighted by Gasteiger charge is 2.06. The van der Waals surface area contributed by atoms with Crippen LogP contribution in [0.2, 0.25) is 0 Å². The fraction of sp³-hybridized carbons (Fsp3) is 0.0833. The normalized spacial score (nSPS) is 10.5. The van der Waals surface area contributed by atoms with E-state index in [1.807, 2.05) is 24.3 Å².